The lowest BCUT2D eigenvalue weighted by Gasteiger charge is -2.18. The Morgan fingerprint density at radius 1 is 1.22 bits per heavy atom. The standard InChI is InChI=1S/C15H24N2O/c1-10(2)13(5)17-15(18)9-16-14-8-11(3)6-7-12(14)4/h6-8,10,13,16H,9H2,1-5H3,(H,17,18). The van der Waals surface area contributed by atoms with Crippen LogP contribution in [0.2, 0.25) is 0 Å². The van der Waals surface area contributed by atoms with Crippen LogP contribution in [0.4, 0.5) is 5.69 Å². The number of carbonyl (C=O) groups excluding carboxylic acids is 1. The predicted octanol–water partition coefficient (Wildman–Crippen LogP) is 2.88. The summed E-state index contributed by atoms with van der Waals surface area (Å²) in [5.41, 5.74) is 3.38. The molecule has 0 aliphatic heterocycles. The van der Waals surface area contributed by atoms with Crippen molar-refractivity contribution < 1.29 is 4.79 Å². The Morgan fingerprint density at radius 2 is 1.89 bits per heavy atom. The maximum atomic E-state index is 11.8. The average Bonchev–Trinajstić information content (AvgIpc) is 2.30. The zero-order valence-corrected chi connectivity index (χ0v) is 12.0. The van der Waals surface area contributed by atoms with Crippen LogP contribution in [0.25, 0.3) is 0 Å². The largest absolute Gasteiger partial charge is 0.376 e. The third-order valence-corrected chi connectivity index (χ3v) is 3.22. The molecular formula is C15H24N2O. The van der Waals surface area contributed by atoms with Gasteiger partial charge in [-0.3, -0.25) is 4.79 Å². The van der Waals surface area contributed by atoms with E-state index in [9.17, 15) is 4.79 Å². The van der Waals surface area contributed by atoms with Crippen molar-refractivity contribution in [1.29, 1.82) is 0 Å². The van der Waals surface area contributed by atoms with E-state index < -0.39 is 0 Å². The fourth-order valence-corrected chi connectivity index (χ4v) is 1.57. The highest BCUT2D eigenvalue weighted by Gasteiger charge is 2.10. The molecule has 3 heteroatoms. The van der Waals surface area contributed by atoms with Gasteiger partial charge in [-0.2, -0.15) is 0 Å². The number of nitrogens with one attached hydrogen (secondary N) is 2. The van der Waals surface area contributed by atoms with Crippen LogP contribution in [0.1, 0.15) is 31.9 Å². The Balaban J connectivity index is 2.50. The average molecular weight is 248 g/mol. The molecule has 0 heterocycles. The molecule has 0 spiro atoms. The van der Waals surface area contributed by atoms with E-state index in [1.807, 2.05) is 20.8 Å². The SMILES string of the molecule is Cc1ccc(C)c(NCC(=O)NC(C)C(C)C)c1. The molecular weight excluding hydrogens is 224 g/mol. The van der Waals surface area contributed by atoms with Crippen molar-refractivity contribution in [3.05, 3.63) is 29.3 Å². The zero-order valence-electron chi connectivity index (χ0n) is 12.0. The topological polar surface area (TPSA) is 41.1 Å². The molecule has 1 rings (SSSR count). The molecule has 3 nitrogen and oxygen atoms in total. The molecule has 0 saturated carbocycles. The molecule has 2 N–H and O–H groups in total. The van der Waals surface area contributed by atoms with Crippen LogP contribution in [-0.2, 0) is 4.79 Å². The minimum absolute atomic E-state index is 0.0390. The highest BCUT2D eigenvalue weighted by Crippen LogP contribution is 2.15. The van der Waals surface area contributed by atoms with Gasteiger partial charge in [0.2, 0.25) is 5.91 Å². The summed E-state index contributed by atoms with van der Waals surface area (Å²) in [6, 6.07) is 6.40. The third kappa shape index (κ3) is 4.40. The zero-order chi connectivity index (χ0) is 13.7. The number of benzene rings is 1. The van der Waals surface area contributed by atoms with Crippen molar-refractivity contribution in [2.24, 2.45) is 5.92 Å². The first-order valence-electron chi connectivity index (χ1n) is 6.50. The Labute approximate surface area is 110 Å². The molecule has 18 heavy (non-hydrogen) atoms. The fraction of sp³-hybridized carbons (Fsp3) is 0.533. The van der Waals surface area contributed by atoms with Crippen LogP contribution < -0.4 is 10.6 Å². The van der Waals surface area contributed by atoms with Crippen LogP contribution >= 0.6 is 0 Å². The lowest BCUT2D eigenvalue weighted by atomic mass is 10.1. The first-order valence-corrected chi connectivity index (χ1v) is 6.50. The molecule has 100 valence electrons. The van der Waals surface area contributed by atoms with E-state index in [4.69, 9.17) is 0 Å². The second-order valence-electron chi connectivity index (χ2n) is 5.27. The van der Waals surface area contributed by atoms with Crippen LogP contribution in [-0.4, -0.2) is 18.5 Å². The van der Waals surface area contributed by atoms with Crippen molar-refractivity contribution in [2.75, 3.05) is 11.9 Å². The minimum atomic E-state index is 0.0390. The number of hydrogen-bond donors (Lipinski definition) is 2. The molecule has 0 radical (unpaired) electrons. The summed E-state index contributed by atoms with van der Waals surface area (Å²) in [7, 11) is 0. The summed E-state index contributed by atoms with van der Waals surface area (Å²) in [5.74, 6) is 0.492. The van der Waals surface area contributed by atoms with Gasteiger partial charge in [-0.25, -0.2) is 0 Å². The molecule has 1 aromatic carbocycles. The van der Waals surface area contributed by atoms with Crippen molar-refractivity contribution in [3.63, 3.8) is 0 Å². The summed E-state index contributed by atoms with van der Waals surface area (Å²) in [4.78, 5) is 11.8. The van der Waals surface area contributed by atoms with Crippen LogP contribution in [0.3, 0.4) is 0 Å². The second kappa shape index (κ2) is 6.43. The van der Waals surface area contributed by atoms with Crippen molar-refractivity contribution >= 4 is 11.6 Å². The Hall–Kier alpha value is -1.51. The molecule has 0 aliphatic rings. The van der Waals surface area contributed by atoms with Crippen LogP contribution in [0, 0.1) is 19.8 Å². The molecule has 0 saturated heterocycles. The van der Waals surface area contributed by atoms with Gasteiger partial charge < -0.3 is 10.6 Å². The number of amides is 1. The number of aryl methyl sites for hydroxylation is 2. The smallest absolute Gasteiger partial charge is 0.239 e. The van der Waals surface area contributed by atoms with Gasteiger partial charge in [0.1, 0.15) is 0 Å². The van der Waals surface area contributed by atoms with Gasteiger partial charge in [0.15, 0.2) is 0 Å². The number of hydrogen-bond acceptors (Lipinski definition) is 2. The van der Waals surface area contributed by atoms with E-state index in [1.54, 1.807) is 0 Å². The monoisotopic (exact) mass is 248 g/mol. The summed E-state index contributed by atoms with van der Waals surface area (Å²) >= 11 is 0. The summed E-state index contributed by atoms with van der Waals surface area (Å²) < 4.78 is 0. The predicted molar refractivity (Wildman–Crippen MR) is 76.8 cm³/mol. The maximum absolute atomic E-state index is 11.8. The van der Waals surface area contributed by atoms with Crippen molar-refractivity contribution in [2.45, 2.75) is 40.7 Å². The second-order valence-corrected chi connectivity index (χ2v) is 5.27. The van der Waals surface area contributed by atoms with Gasteiger partial charge in [0.05, 0.1) is 6.54 Å². The lowest BCUT2D eigenvalue weighted by Crippen LogP contribution is -2.39. The van der Waals surface area contributed by atoms with Gasteiger partial charge in [-0.05, 0) is 43.9 Å². The summed E-state index contributed by atoms with van der Waals surface area (Å²) in [6.07, 6.45) is 0. The Kier molecular flexibility index (Phi) is 5.20. The highest BCUT2D eigenvalue weighted by atomic mass is 16.1. The van der Waals surface area contributed by atoms with Gasteiger partial charge in [-0.15, -0.1) is 0 Å². The Morgan fingerprint density at radius 3 is 2.50 bits per heavy atom. The van der Waals surface area contributed by atoms with E-state index >= 15 is 0 Å². The van der Waals surface area contributed by atoms with Crippen molar-refractivity contribution in [3.8, 4) is 0 Å². The van der Waals surface area contributed by atoms with E-state index in [2.05, 4.69) is 42.7 Å². The summed E-state index contributed by atoms with van der Waals surface area (Å²) in [6.45, 7) is 10.6. The first-order chi connectivity index (χ1) is 8.40. The molecule has 0 aliphatic carbocycles. The van der Waals surface area contributed by atoms with Crippen LogP contribution in [0.15, 0.2) is 18.2 Å². The van der Waals surface area contributed by atoms with Gasteiger partial charge in [0.25, 0.3) is 0 Å². The number of rotatable bonds is 5. The van der Waals surface area contributed by atoms with Gasteiger partial charge in [0, 0.05) is 11.7 Å². The fourth-order valence-electron chi connectivity index (χ4n) is 1.57. The molecule has 1 aromatic rings. The molecule has 1 atom stereocenters. The number of anilines is 1. The molecule has 0 fully saturated rings. The van der Waals surface area contributed by atoms with Gasteiger partial charge in [-0.1, -0.05) is 26.0 Å². The van der Waals surface area contributed by atoms with Gasteiger partial charge >= 0.3 is 0 Å². The minimum Gasteiger partial charge on any atom is -0.376 e. The summed E-state index contributed by atoms with van der Waals surface area (Å²) in [5, 5.41) is 6.17. The lowest BCUT2D eigenvalue weighted by molar-refractivity contribution is -0.120. The quantitative estimate of drug-likeness (QED) is 0.841. The van der Waals surface area contributed by atoms with Crippen molar-refractivity contribution in [1.82, 2.24) is 5.32 Å². The van der Waals surface area contributed by atoms with E-state index in [0.717, 1.165) is 11.3 Å². The maximum Gasteiger partial charge on any atom is 0.239 e. The molecule has 0 bridgehead atoms. The molecule has 1 amide bonds. The van der Waals surface area contributed by atoms with E-state index in [1.165, 1.54) is 5.56 Å². The highest BCUT2D eigenvalue weighted by molar-refractivity contribution is 5.81. The first kappa shape index (κ1) is 14.6. The number of carbonyl (C=O) groups is 1. The van der Waals surface area contributed by atoms with E-state index in [0.29, 0.717) is 12.5 Å². The Bertz CT molecular complexity index is 413. The van der Waals surface area contributed by atoms with Crippen LogP contribution in [0.5, 0.6) is 0 Å². The van der Waals surface area contributed by atoms with E-state index in [-0.39, 0.29) is 11.9 Å². The normalized spacial score (nSPS) is 12.3. The molecule has 0 aromatic heterocycles. The molecule has 1 unspecified atom stereocenters. The third-order valence-electron chi connectivity index (χ3n) is 3.22.